The molecule has 1 aliphatic carbocycles. The SMILES string of the molecule is O=C(O)c1ccc(SCC2CCCC2)c(F)c1Br. The minimum absolute atomic E-state index is 0.0299. The molecule has 18 heavy (non-hydrogen) atoms. The lowest BCUT2D eigenvalue weighted by molar-refractivity contribution is 0.0695. The van der Waals surface area contributed by atoms with Crippen molar-refractivity contribution in [2.45, 2.75) is 30.6 Å². The summed E-state index contributed by atoms with van der Waals surface area (Å²) in [6.07, 6.45) is 5.00. The van der Waals surface area contributed by atoms with E-state index in [1.165, 1.54) is 43.5 Å². The summed E-state index contributed by atoms with van der Waals surface area (Å²) in [4.78, 5) is 11.4. The van der Waals surface area contributed by atoms with Crippen molar-refractivity contribution in [3.05, 3.63) is 28.0 Å². The Hall–Kier alpha value is -0.550. The van der Waals surface area contributed by atoms with Gasteiger partial charge in [0.05, 0.1) is 10.0 Å². The Kier molecular flexibility index (Phi) is 4.67. The van der Waals surface area contributed by atoms with Gasteiger partial charge in [-0.05, 0) is 46.8 Å². The Bertz CT molecular complexity index is 459. The average Bonchev–Trinajstić information content (AvgIpc) is 2.83. The summed E-state index contributed by atoms with van der Waals surface area (Å²) >= 11 is 4.50. The molecule has 0 unspecified atom stereocenters. The average molecular weight is 333 g/mol. The monoisotopic (exact) mass is 332 g/mol. The van der Waals surface area contributed by atoms with Crippen LogP contribution in [0.1, 0.15) is 36.0 Å². The molecule has 0 radical (unpaired) electrons. The van der Waals surface area contributed by atoms with Gasteiger partial charge in [0.2, 0.25) is 0 Å². The van der Waals surface area contributed by atoms with Crippen LogP contribution in [-0.2, 0) is 0 Å². The number of benzene rings is 1. The van der Waals surface area contributed by atoms with Crippen molar-refractivity contribution in [3.8, 4) is 0 Å². The minimum Gasteiger partial charge on any atom is -0.478 e. The molecule has 0 atom stereocenters. The number of carbonyl (C=O) groups is 1. The van der Waals surface area contributed by atoms with E-state index < -0.39 is 11.8 Å². The van der Waals surface area contributed by atoms with E-state index in [1.807, 2.05) is 0 Å². The predicted octanol–water partition coefficient (Wildman–Crippen LogP) is 4.57. The van der Waals surface area contributed by atoms with E-state index >= 15 is 0 Å². The zero-order chi connectivity index (χ0) is 13.1. The summed E-state index contributed by atoms with van der Waals surface area (Å²) in [5.41, 5.74) is -0.0299. The van der Waals surface area contributed by atoms with Gasteiger partial charge in [0.25, 0.3) is 0 Å². The number of aromatic carboxylic acids is 1. The van der Waals surface area contributed by atoms with E-state index in [4.69, 9.17) is 5.11 Å². The second-order valence-electron chi connectivity index (χ2n) is 4.51. The third-order valence-corrected chi connectivity index (χ3v) is 5.27. The number of halogens is 2. The number of hydrogen-bond donors (Lipinski definition) is 1. The van der Waals surface area contributed by atoms with Crippen molar-refractivity contribution in [2.24, 2.45) is 5.92 Å². The zero-order valence-electron chi connectivity index (χ0n) is 9.79. The largest absolute Gasteiger partial charge is 0.478 e. The van der Waals surface area contributed by atoms with Crippen LogP contribution in [0.2, 0.25) is 0 Å². The highest BCUT2D eigenvalue weighted by atomic mass is 79.9. The van der Waals surface area contributed by atoms with Gasteiger partial charge >= 0.3 is 5.97 Å². The van der Waals surface area contributed by atoms with Crippen molar-refractivity contribution in [3.63, 3.8) is 0 Å². The van der Waals surface area contributed by atoms with E-state index in [2.05, 4.69) is 15.9 Å². The lowest BCUT2D eigenvalue weighted by Crippen LogP contribution is -2.01. The number of hydrogen-bond acceptors (Lipinski definition) is 2. The van der Waals surface area contributed by atoms with E-state index in [0.29, 0.717) is 10.8 Å². The Labute approximate surface area is 118 Å². The molecule has 0 spiro atoms. The van der Waals surface area contributed by atoms with Crippen LogP contribution in [0.3, 0.4) is 0 Å². The Morgan fingerprint density at radius 3 is 2.72 bits per heavy atom. The summed E-state index contributed by atoms with van der Waals surface area (Å²) in [6.45, 7) is 0. The van der Waals surface area contributed by atoms with Gasteiger partial charge in [-0.3, -0.25) is 0 Å². The van der Waals surface area contributed by atoms with Gasteiger partial charge in [0.15, 0.2) is 5.82 Å². The molecule has 0 aliphatic heterocycles. The maximum Gasteiger partial charge on any atom is 0.336 e. The molecular formula is C13H14BrFO2S. The van der Waals surface area contributed by atoms with Crippen molar-refractivity contribution in [2.75, 3.05) is 5.75 Å². The third-order valence-electron chi connectivity index (χ3n) is 3.23. The van der Waals surface area contributed by atoms with Gasteiger partial charge in [0, 0.05) is 10.6 Å². The fourth-order valence-corrected chi connectivity index (χ4v) is 3.98. The Morgan fingerprint density at radius 1 is 1.44 bits per heavy atom. The second kappa shape index (κ2) is 6.06. The van der Waals surface area contributed by atoms with Crippen molar-refractivity contribution in [1.82, 2.24) is 0 Å². The van der Waals surface area contributed by atoms with Crippen LogP contribution >= 0.6 is 27.7 Å². The number of thioether (sulfide) groups is 1. The summed E-state index contributed by atoms with van der Waals surface area (Å²) < 4.78 is 14.0. The lowest BCUT2D eigenvalue weighted by Gasteiger charge is -2.10. The molecule has 0 amide bonds. The second-order valence-corrected chi connectivity index (χ2v) is 6.36. The normalized spacial score (nSPS) is 16.1. The molecule has 2 rings (SSSR count). The van der Waals surface area contributed by atoms with Crippen molar-refractivity contribution < 1.29 is 14.3 Å². The van der Waals surface area contributed by atoms with Crippen molar-refractivity contribution in [1.29, 1.82) is 0 Å². The molecule has 1 aromatic rings. The first kappa shape index (κ1) is 13.9. The molecular weight excluding hydrogens is 319 g/mol. The molecule has 0 saturated heterocycles. The summed E-state index contributed by atoms with van der Waals surface area (Å²) in [6, 6.07) is 3.01. The van der Waals surface area contributed by atoms with Crippen molar-refractivity contribution >= 4 is 33.7 Å². The topological polar surface area (TPSA) is 37.3 Å². The number of carboxylic acids is 1. The molecule has 0 heterocycles. The molecule has 0 aromatic heterocycles. The minimum atomic E-state index is -1.12. The highest BCUT2D eigenvalue weighted by Crippen LogP contribution is 2.34. The summed E-state index contributed by atoms with van der Waals surface area (Å²) in [5, 5.41) is 8.88. The maximum absolute atomic E-state index is 14.0. The van der Waals surface area contributed by atoms with Crippen LogP contribution in [0.25, 0.3) is 0 Å². The standard InChI is InChI=1S/C13H14BrFO2S/c14-11-9(13(16)17)5-6-10(12(11)15)18-7-8-3-1-2-4-8/h5-6,8H,1-4,7H2,(H,16,17). The Morgan fingerprint density at radius 2 is 2.11 bits per heavy atom. The van der Waals surface area contributed by atoms with E-state index in [-0.39, 0.29) is 10.0 Å². The summed E-state index contributed by atoms with van der Waals surface area (Å²) in [5.74, 6) is 0.00816. The molecule has 98 valence electrons. The first-order valence-corrected chi connectivity index (χ1v) is 7.71. The van der Waals surface area contributed by atoms with Gasteiger partial charge in [0.1, 0.15) is 0 Å². The number of carboxylic acid groups (broad SMARTS) is 1. The molecule has 1 aromatic carbocycles. The molecule has 2 nitrogen and oxygen atoms in total. The van der Waals surface area contributed by atoms with Crippen LogP contribution in [0.4, 0.5) is 4.39 Å². The smallest absolute Gasteiger partial charge is 0.336 e. The summed E-state index contributed by atoms with van der Waals surface area (Å²) in [7, 11) is 0. The molecule has 1 fully saturated rings. The van der Waals surface area contributed by atoms with Crippen LogP contribution in [0.5, 0.6) is 0 Å². The zero-order valence-corrected chi connectivity index (χ0v) is 12.2. The van der Waals surface area contributed by atoms with Crippen LogP contribution in [-0.4, -0.2) is 16.8 Å². The van der Waals surface area contributed by atoms with Gasteiger partial charge < -0.3 is 5.11 Å². The first-order valence-electron chi connectivity index (χ1n) is 5.93. The predicted molar refractivity (Wildman–Crippen MR) is 73.7 cm³/mol. The Balaban J connectivity index is 2.09. The van der Waals surface area contributed by atoms with Crippen LogP contribution < -0.4 is 0 Å². The fraction of sp³-hybridized carbons (Fsp3) is 0.462. The fourth-order valence-electron chi connectivity index (χ4n) is 2.19. The maximum atomic E-state index is 14.0. The number of rotatable bonds is 4. The third kappa shape index (κ3) is 3.06. The van der Waals surface area contributed by atoms with E-state index in [1.54, 1.807) is 6.07 Å². The molecule has 1 aliphatic rings. The van der Waals surface area contributed by atoms with Crippen LogP contribution in [0, 0.1) is 11.7 Å². The highest BCUT2D eigenvalue weighted by molar-refractivity contribution is 9.10. The quantitative estimate of drug-likeness (QED) is 0.820. The van der Waals surface area contributed by atoms with Gasteiger partial charge in [-0.2, -0.15) is 0 Å². The van der Waals surface area contributed by atoms with Gasteiger partial charge in [-0.25, -0.2) is 9.18 Å². The first-order chi connectivity index (χ1) is 8.59. The van der Waals surface area contributed by atoms with E-state index in [0.717, 1.165) is 5.75 Å². The van der Waals surface area contributed by atoms with Crippen LogP contribution in [0.15, 0.2) is 21.5 Å². The molecule has 5 heteroatoms. The molecule has 0 bridgehead atoms. The lowest BCUT2D eigenvalue weighted by atomic mass is 10.1. The van der Waals surface area contributed by atoms with E-state index in [9.17, 15) is 9.18 Å². The molecule has 1 N–H and O–H groups in total. The van der Waals surface area contributed by atoms with Gasteiger partial charge in [-0.15, -0.1) is 11.8 Å². The highest BCUT2D eigenvalue weighted by Gasteiger charge is 2.19. The molecule has 1 saturated carbocycles. The van der Waals surface area contributed by atoms with Gasteiger partial charge in [-0.1, -0.05) is 12.8 Å².